The van der Waals surface area contributed by atoms with Crippen LogP contribution in [0.1, 0.15) is 26.2 Å². The van der Waals surface area contributed by atoms with E-state index in [2.05, 4.69) is 35.5 Å². The van der Waals surface area contributed by atoms with Gasteiger partial charge in [-0.1, -0.05) is 13.3 Å². The van der Waals surface area contributed by atoms with Crippen molar-refractivity contribution >= 4 is 33.7 Å². The topological polar surface area (TPSA) is 112 Å². The van der Waals surface area contributed by atoms with Crippen LogP contribution in [0.2, 0.25) is 0 Å². The number of benzene rings is 1. The predicted octanol–water partition coefficient (Wildman–Crippen LogP) is 4.83. The highest BCUT2D eigenvalue weighted by Crippen LogP contribution is 2.32. The van der Waals surface area contributed by atoms with Crippen molar-refractivity contribution in [3.63, 3.8) is 0 Å². The Bertz CT molecular complexity index is 1410. The molecule has 0 unspecified atom stereocenters. The van der Waals surface area contributed by atoms with Gasteiger partial charge in [0.15, 0.2) is 11.5 Å². The number of pyridine rings is 2. The lowest BCUT2D eigenvalue weighted by atomic mass is 10.0. The fourth-order valence-electron chi connectivity index (χ4n) is 3.61. The Morgan fingerprint density at radius 2 is 2.09 bits per heavy atom. The molecular weight excluding hydrogens is 409 g/mol. The summed E-state index contributed by atoms with van der Waals surface area (Å²) in [6, 6.07) is 8.52. The van der Waals surface area contributed by atoms with E-state index < -0.39 is 5.82 Å². The normalized spacial score (nSPS) is 11.3. The van der Waals surface area contributed by atoms with Crippen LogP contribution in [-0.2, 0) is 4.79 Å². The molecule has 8 nitrogen and oxygen atoms in total. The van der Waals surface area contributed by atoms with Gasteiger partial charge in [-0.25, -0.2) is 14.4 Å². The summed E-state index contributed by atoms with van der Waals surface area (Å²) < 4.78 is 14.9. The standard InChI is InChI=1S/C23H20FN7O/c1-2-3-6-20(32)27-14-8-13(11-25-12-14)15-9-16-19(10-17(15)24)30-31-21(16)23-28-18-5-4-7-26-22(18)29-23/h4-5,7-12H,2-3,6H2,1H3,(H,27,32)(H,30,31)(H,26,28,29). The van der Waals surface area contributed by atoms with Crippen LogP contribution in [0.5, 0.6) is 0 Å². The number of H-pyrrole nitrogens is 2. The lowest BCUT2D eigenvalue weighted by Gasteiger charge is -2.08. The van der Waals surface area contributed by atoms with Crippen molar-refractivity contribution < 1.29 is 9.18 Å². The Kier molecular flexibility index (Phi) is 5.06. The van der Waals surface area contributed by atoms with Gasteiger partial charge >= 0.3 is 0 Å². The van der Waals surface area contributed by atoms with E-state index in [0.717, 1.165) is 18.4 Å². The van der Waals surface area contributed by atoms with E-state index in [1.165, 1.54) is 6.07 Å². The molecule has 0 fully saturated rings. The molecule has 1 amide bonds. The maximum absolute atomic E-state index is 14.9. The first-order valence-electron chi connectivity index (χ1n) is 10.4. The Labute approximate surface area is 182 Å². The number of fused-ring (bicyclic) bond motifs is 2. The van der Waals surface area contributed by atoms with E-state index in [-0.39, 0.29) is 5.91 Å². The van der Waals surface area contributed by atoms with Gasteiger partial charge in [-0.2, -0.15) is 5.10 Å². The number of carbonyl (C=O) groups is 1. The zero-order valence-electron chi connectivity index (χ0n) is 17.3. The highest BCUT2D eigenvalue weighted by molar-refractivity contribution is 5.96. The number of rotatable bonds is 6. The van der Waals surface area contributed by atoms with Gasteiger partial charge in [0, 0.05) is 41.4 Å². The van der Waals surface area contributed by atoms with E-state index in [0.29, 0.717) is 51.3 Å². The van der Waals surface area contributed by atoms with Crippen LogP contribution >= 0.6 is 0 Å². The number of carbonyl (C=O) groups excluding carboxylic acids is 1. The molecule has 0 spiro atoms. The van der Waals surface area contributed by atoms with Crippen LogP contribution in [-0.4, -0.2) is 36.0 Å². The molecule has 4 heterocycles. The molecule has 0 bridgehead atoms. The van der Waals surface area contributed by atoms with Crippen molar-refractivity contribution in [2.24, 2.45) is 0 Å². The average molecular weight is 429 g/mol. The molecule has 0 saturated carbocycles. The van der Waals surface area contributed by atoms with E-state index in [9.17, 15) is 9.18 Å². The lowest BCUT2D eigenvalue weighted by Crippen LogP contribution is -2.11. The van der Waals surface area contributed by atoms with Crippen molar-refractivity contribution in [1.29, 1.82) is 0 Å². The first kappa shape index (κ1) is 19.8. The van der Waals surface area contributed by atoms with Crippen molar-refractivity contribution in [3.8, 4) is 22.6 Å². The quantitative estimate of drug-likeness (QED) is 0.358. The third kappa shape index (κ3) is 3.68. The fourth-order valence-corrected chi connectivity index (χ4v) is 3.61. The highest BCUT2D eigenvalue weighted by Gasteiger charge is 2.17. The van der Waals surface area contributed by atoms with E-state index in [1.54, 1.807) is 30.7 Å². The minimum atomic E-state index is -0.421. The second-order valence-corrected chi connectivity index (χ2v) is 7.52. The van der Waals surface area contributed by atoms with Gasteiger partial charge in [-0.15, -0.1) is 0 Å². The summed E-state index contributed by atoms with van der Waals surface area (Å²) >= 11 is 0. The van der Waals surface area contributed by atoms with Crippen LogP contribution < -0.4 is 5.32 Å². The number of amides is 1. The number of anilines is 1. The first-order valence-corrected chi connectivity index (χ1v) is 10.4. The second-order valence-electron chi connectivity index (χ2n) is 7.52. The summed E-state index contributed by atoms with van der Waals surface area (Å²) in [5.74, 6) is 0.0325. The lowest BCUT2D eigenvalue weighted by molar-refractivity contribution is -0.116. The van der Waals surface area contributed by atoms with Crippen LogP contribution in [0.3, 0.4) is 0 Å². The number of nitrogens with one attached hydrogen (secondary N) is 3. The van der Waals surface area contributed by atoms with Crippen LogP contribution in [0.4, 0.5) is 10.1 Å². The summed E-state index contributed by atoms with van der Waals surface area (Å²) in [4.78, 5) is 28.2. The summed E-state index contributed by atoms with van der Waals surface area (Å²) in [5.41, 5.74) is 3.91. The van der Waals surface area contributed by atoms with Gasteiger partial charge < -0.3 is 10.3 Å². The summed E-state index contributed by atoms with van der Waals surface area (Å²) in [6.07, 6.45) is 6.97. The monoisotopic (exact) mass is 429 g/mol. The highest BCUT2D eigenvalue weighted by atomic mass is 19.1. The number of halogens is 1. The van der Waals surface area contributed by atoms with Crippen LogP contribution in [0.15, 0.2) is 48.9 Å². The van der Waals surface area contributed by atoms with Crippen molar-refractivity contribution in [1.82, 2.24) is 30.1 Å². The Morgan fingerprint density at radius 1 is 1.19 bits per heavy atom. The molecule has 32 heavy (non-hydrogen) atoms. The molecule has 4 aromatic heterocycles. The third-order valence-electron chi connectivity index (χ3n) is 5.22. The summed E-state index contributed by atoms with van der Waals surface area (Å²) in [6.45, 7) is 2.03. The Hall–Kier alpha value is -4.14. The molecule has 0 aliphatic carbocycles. The van der Waals surface area contributed by atoms with Crippen molar-refractivity contribution in [2.45, 2.75) is 26.2 Å². The largest absolute Gasteiger partial charge is 0.335 e. The zero-order chi connectivity index (χ0) is 22.1. The van der Waals surface area contributed by atoms with Crippen LogP contribution in [0.25, 0.3) is 44.7 Å². The molecule has 0 atom stereocenters. The Morgan fingerprint density at radius 3 is 2.94 bits per heavy atom. The minimum Gasteiger partial charge on any atom is -0.335 e. The fraction of sp³-hybridized carbons (Fsp3) is 0.174. The van der Waals surface area contributed by atoms with Gasteiger partial charge in [-0.3, -0.25) is 14.9 Å². The molecule has 9 heteroatoms. The number of unbranched alkanes of at least 4 members (excludes halogenated alkanes) is 1. The SMILES string of the molecule is CCCCC(=O)Nc1cncc(-c2cc3c(-c4nc5ncccc5[nH]4)n[nH]c3cc2F)c1. The molecular formula is C23H20FN7O. The van der Waals surface area contributed by atoms with Gasteiger partial charge in [-0.05, 0) is 30.7 Å². The summed E-state index contributed by atoms with van der Waals surface area (Å²) in [7, 11) is 0. The minimum absolute atomic E-state index is 0.0858. The second kappa shape index (κ2) is 8.18. The number of aromatic nitrogens is 6. The van der Waals surface area contributed by atoms with Gasteiger partial charge in [0.25, 0.3) is 0 Å². The number of aromatic amines is 2. The molecule has 160 valence electrons. The Balaban J connectivity index is 1.54. The molecule has 5 aromatic rings. The van der Waals surface area contributed by atoms with Crippen LogP contribution in [0, 0.1) is 5.82 Å². The molecule has 0 aliphatic heterocycles. The van der Waals surface area contributed by atoms with Crippen molar-refractivity contribution in [3.05, 3.63) is 54.7 Å². The molecule has 0 saturated heterocycles. The maximum Gasteiger partial charge on any atom is 0.224 e. The molecule has 1 aromatic carbocycles. The molecule has 0 aliphatic rings. The predicted molar refractivity (Wildman–Crippen MR) is 120 cm³/mol. The molecule has 5 rings (SSSR count). The molecule has 0 radical (unpaired) electrons. The number of hydrogen-bond acceptors (Lipinski definition) is 5. The average Bonchev–Trinajstić information content (AvgIpc) is 3.40. The third-order valence-corrected chi connectivity index (χ3v) is 5.22. The van der Waals surface area contributed by atoms with E-state index in [1.807, 2.05) is 19.1 Å². The first-order chi connectivity index (χ1) is 15.6. The summed E-state index contributed by atoms with van der Waals surface area (Å²) in [5, 5.41) is 10.7. The maximum atomic E-state index is 14.9. The smallest absolute Gasteiger partial charge is 0.224 e. The number of hydrogen-bond donors (Lipinski definition) is 3. The number of imidazole rings is 1. The number of nitrogens with zero attached hydrogens (tertiary/aromatic N) is 4. The molecule has 3 N–H and O–H groups in total. The van der Waals surface area contributed by atoms with Gasteiger partial charge in [0.05, 0.1) is 22.9 Å². The van der Waals surface area contributed by atoms with Crippen molar-refractivity contribution in [2.75, 3.05) is 5.32 Å². The van der Waals surface area contributed by atoms with Gasteiger partial charge in [0.1, 0.15) is 11.5 Å². The van der Waals surface area contributed by atoms with E-state index >= 15 is 0 Å². The zero-order valence-corrected chi connectivity index (χ0v) is 17.3. The van der Waals surface area contributed by atoms with E-state index in [4.69, 9.17) is 0 Å². The van der Waals surface area contributed by atoms with Gasteiger partial charge in [0.2, 0.25) is 5.91 Å².